The Morgan fingerprint density at radius 3 is 1.82 bits per heavy atom. The van der Waals surface area contributed by atoms with Crippen LogP contribution in [0.2, 0.25) is 0 Å². The van der Waals surface area contributed by atoms with E-state index in [-0.39, 0.29) is 33.4 Å². The summed E-state index contributed by atoms with van der Waals surface area (Å²) < 4.78 is 174. The molecule has 0 saturated carbocycles. The summed E-state index contributed by atoms with van der Waals surface area (Å²) in [5.41, 5.74) is 1.63. The highest BCUT2D eigenvalue weighted by molar-refractivity contribution is 6.09. The van der Waals surface area contributed by atoms with E-state index in [1.807, 2.05) is 69.4 Å². The number of hydrogen-bond donors (Lipinski definition) is 0. The molecule has 5 nitrogen and oxygen atoms in total. The first kappa shape index (κ1) is 29.5. The van der Waals surface area contributed by atoms with Gasteiger partial charge in [0.05, 0.1) is 58.1 Å². The van der Waals surface area contributed by atoms with Crippen molar-refractivity contribution in [1.82, 2.24) is 14.1 Å². The van der Waals surface area contributed by atoms with Crippen LogP contribution in [0.25, 0.3) is 94.5 Å². The fourth-order valence-electron chi connectivity index (χ4n) is 9.30. The summed E-state index contributed by atoms with van der Waals surface area (Å²) in [5.74, 6) is 1.61. The minimum Gasteiger partial charge on any atom is -0.458 e. The van der Waals surface area contributed by atoms with Gasteiger partial charge in [-0.15, -0.1) is 0 Å². The van der Waals surface area contributed by atoms with Crippen molar-refractivity contribution < 1.29 is 34.0 Å². The van der Waals surface area contributed by atoms with E-state index in [2.05, 4.69) is 49.9 Å². The lowest BCUT2D eigenvalue weighted by atomic mass is 9.82. The Morgan fingerprint density at radius 2 is 1.14 bits per heavy atom. The molecule has 0 aliphatic heterocycles. The molecule has 0 bridgehead atoms. The second kappa shape index (κ2) is 18.1. The molecule has 0 fully saturated rings. The van der Waals surface area contributed by atoms with Gasteiger partial charge in [-0.1, -0.05) is 187 Å². The molecule has 0 aliphatic carbocycles. The summed E-state index contributed by atoms with van der Waals surface area (Å²) in [6, 6.07) is 22.7. The van der Waals surface area contributed by atoms with E-state index in [1.165, 1.54) is 0 Å². The molecule has 0 saturated heterocycles. The van der Waals surface area contributed by atoms with E-state index in [1.54, 1.807) is 63.7 Å². The molecule has 9 aromatic carbocycles. The Kier molecular flexibility index (Phi) is 7.32. The quantitative estimate of drug-likeness (QED) is 0.107. The molecular weight excluding hydrogens is 889 g/mol. The third kappa shape index (κ3) is 8.57. The first-order valence-corrected chi connectivity index (χ1v) is 23.7. The molecule has 12 rings (SSSR count). The average Bonchev–Trinajstić information content (AvgIpc) is 1.72. The van der Waals surface area contributed by atoms with Crippen molar-refractivity contribution in [2.24, 2.45) is 0 Å². The molecule has 0 aliphatic rings. The summed E-state index contributed by atoms with van der Waals surface area (Å²) in [4.78, 5) is 4.84. The fraction of sp³-hybridized carbons (Fsp3) is 0.118. The van der Waals surface area contributed by atoms with Gasteiger partial charge in [0.1, 0.15) is 17.3 Å². The van der Waals surface area contributed by atoms with E-state index in [4.69, 9.17) is 30.3 Å². The number of nitrogens with zero attached hydrogens (tertiary/aromatic N) is 4. The predicted molar refractivity (Wildman–Crippen MR) is 301 cm³/mol. The van der Waals surface area contributed by atoms with Gasteiger partial charge in [0.2, 0.25) is 0 Å². The van der Waals surface area contributed by atoms with E-state index >= 15 is 0 Å². The molecule has 3 aromatic heterocycles. The Hall–Kier alpha value is -8.80. The summed E-state index contributed by atoms with van der Waals surface area (Å²) in [6.07, 6.45) is 5.34. The van der Waals surface area contributed by atoms with Gasteiger partial charge < -0.3 is 4.74 Å². The molecule has 0 spiro atoms. The number of rotatable bonds is 9. The van der Waals surface area contributed by atoms with Crippen LogP contribution in [0.3, 0.4) is 0 Å². The Labute approximate surface area is 453 Å². The largest absolute Gasteiger partial charge is 0.458 e. The first-order chi connectivity index (χ1) is 42.9. The molecule has 0 N–H and O–H groups in total. The van der Waals surface area contributed by atoms with Crippen molar-refractivity contribution in [2.45, 2.75) is 52.4 Å². The molecule has 0 unspecified atom stereocenters. The van der Waals surface area contributed by atoms with Gasteiger partial charge in [-0.3, -0.25) is 13.7 Å². The maximum absolute atomic E-state index is 10.2. The third-order valence-electron chi connectivity index (χ3n) is 12.8. The maximum Gasteiger partial charge on any atom is 0.269 e. The van der Waals surface area contributed by atoms with Crippen molar-refractivity contribution in [3.63, 3.8) is 0 Å². The highest BCUT2D eigenvalue weighted by Crippen LogP contribution is 2.40. The van der Waals surface area contributed by atoms with E-state index in [0.29, 0.717) is 33.8 Å². The minimum atomic E-state index is -0.801. The van der Waals surface area contributed by atoms with Crippen LogP contribution >= 0.6 is 0 Å². The Morgan fingerprint density at radius 1 is 0.507 bits per heavy atom. The second-order valence-corrected chi connectivity index (χ2v) is 19.7. The molecule has 3 heterocycles. The van der Waals surface area contributed by atoms with E-state index in [9.17, 15) is 4.11 Å². The zero-order valence-electron chi connectivity index (χ0n) is 58.7. The highest BCUT2D eigenvalue weighted by Gasteiger charge is 2.26. The topological polar surface area (TPSA) is 35.9 Å². The molecular formula is C68H56N4O. The van der Waals surface area contributed by atoms with Crippen molar-refractivity contribution in [3.8, 4) is 73.2 Å². The molecule has 73 heavy (non-hydrogen) atoms. The Balaban J connectivity index is 1.13. The fourth-order valence-corrected chi connectivity index (χ4v) is 9.30. The third-order valence-corrected chi connectivity index (χ3v) is 12.8. The van der Waals surface area contributed by atoms with Crippen LogP contribution in [-0.2, 0) is 10.8 Å². The zero-order chi connectivity index (χ0) is 65.5. The van der Waals surface area contributed by atoms with Crippen LogP contribution in [0, 0.1) is 6.33 Å². The number of aromatic nitrogens is 4. The number of ether oxygens (including phenoxy) is 1. The SMILES string of the molecule is [2H]c1c([2H])c([2H])c(-c2ccc3c(c2)n(-c2cccc(Oc4ccc5c6ccccc6n(-c6cc(C(C)(C)C)ccn6)c5c4)c2)[c-][n+]3-c2c(-c3c([2H])c(-c4c([2H])c([2H])c([2H])c([2H])c4[2H])c([2H])c(-c4c([2H])c([2H])c([2H])c([2H])c4[2H])c3[2H])cccc2C(C)(C)C)c([2H])c1[2H]. The molecule has 0 radical (unpaired) electrons. The molecule has 0 amide bonds. The summed E-state index contributed by atoms with van der Waals surface area (Å²) in [6.45, 7) is 12.2. The average molecular weight is 963 g/mol. The van der Waals surface area contributed by atoms with Crippen LogP contribution in [0.5, 0.6) is 11.5 Å². The van der Waals surface area contributed by atoms with Gasteiger partial charge in [-0.05, 0) is 139 Å². The number of pyridine rings is 1. The van der Waals surface area contributed by atoms with Crippen LogP contribution in [0.15, 0.2) is 230 Å². The van der Waals surface area contributed by atoms with Gasteiger partial charge in [0, 0.05) is 23.0 Å². The summed E-state index contributed by atoms with van der Waals surface area (Å²) >= 11 is 0. The van der Waals surface area contributed by atoms with E-state index < -0.39 is 136 Å². The van der Waals surface area contributed by atoms with Crippen molar-refractivity contribution in [1.29, 1.82) is 0 Å². The highest BCUT2D eigenvalue weighted by atomic mass is 16.5. The first-order valence-electron chi connectivity index (χ1n) is 32.7. The van der Waals surface area contributed by atoms with Crippen molar-refractivity contribution >= 4 is 32.8 Å². The van der Waals surface area contributed by atoms with Gasteiger partial charge >= 0.3 is 0 Å². The van der Waals surface area contributed by atoms with Gasteiger partial charge in [0.25, 0.3) is 6.33 Å². The second-order valence-electron chi connectivity index (χ2n) is 19.7. The standard InChI is InChI=1S/C68H56N4O/c1-67(2,3)53-36-37-69-65(42-53)72-61-31-17-16-28-58(61)59-34-33-56(44-63(59)72)73-55-27-18-26-54(43-55)70-45-71(62-35-32-49(41-64(62)70)46-20-10-7-11-21-46)66-57(29-19-30-60(66)68(4,5)6)52-39-50(47-22-12-8-13-23-47)38-51(40-52)48-24-14-9-15-25-48/h7-44H,1-6H3/i7D,8D,9D,10D,11D,12D,13D,14D,15D,20D,21D,22D,23D,24D,25D,38D,39D,40D. The zero-order valence-corrected chi connectivity index (χ0v) is 40.7. The van der Waals surface area contributed by atoms with Crippen molar-refractivity contribution in [3.05, 3.63) is 248 Å². The molecule has 5 heteroatoms. The smallest absolute Gasteiger partial charge is 0.269 e. The van der Waals surface area contributed by atoms with Crippen LogP contribution < -0.4 is 9.30 Å². The lowest BCUT2D eigenvalue weighted by molar-refractivity contribution is -0.572. The molecule has 354 valence electrons. The number of para-hydroxylation sites is 2. The number of imidazole rings is 1. The number of hydrogen-bond acceptors (Lipinski definition) is 2. The Bertz CT molecular complexity index is 4930. The molecule has 0 atom stereocenters. The number of fused-ring (bicyclic) bond motifs is 4. The number of benzene rings is 9. The van der Waals surface area contributed by atoms with Gasteiger partial charge in [-0.2, -0.15) is 0 Å². The normalized spacial score (nSPS) is 15.4. The van der Waals surface area contributed by atoms with E-state index in [0.717, 1.165) is 33.2 Å². The summed E-state index contributed by atoms with van der Waals surface area (Å²) in [5, 5.41) is 2.00. The lowest BCUT2D eigenvalue weighted by Crippen LogP contribution is -2.34. The van der Waals surface area contributed by atoms with Crippen LogP contribution in [0.4, 0.5) is 0 Å². The minimum absolute atomic E-state index is 0.0817. The van der Waals surface area contributed by atoms with Gasteiger partial charge in [-0.25, -0.2) is 4.98 Å². The summed E-state index contributed by atoms with van der Waals surface area (Å²) in [7, 11) is 0. The van der Waals surface area contributed by atoms with Gasteiger partial charge in [0.15, 0.2) is 0 Å². The van der Waals surface area contributed by atoms with Crippen molar-refractivity contribution in [2.75, 3.05) is 0 Å². The van der Waals surface area contributed by atoms with Crippen LogP contribution in [0.1, 0.15) is 77.3 Å². The maximum atomic E-state index is 10.2. The molecule has 12 aromatic rings. The predicted octanol–water partition coefficient (Wildman–Crippen LogP) is 17.3. The van der Waals surface area contributed by atoms with Crippen LogP contribution in [-0.4, -0.2) is 14.1 Å². The monoisotopic (exact) mass is 963 g/mol. The lowest BCUT2D eigenvalue weighted by Gasteiger charge is -2.26.